The van der Waals surface area contributed by atoms with Crippen LogP contribution in [-0.2, 0) is 10.2 Å². The summed E-state index contributed by atoms with van der Waals surface area (Å²) < 4.78 is 1.99. The fourth-order valence-electron chi connectivity index (χ4n) is 5.56. The van der Waals surface area contributed by atoms with Gasteiger partial charge in [-0.2, -0.15) is 5.10 Å². The Morgan fingerprint density at radius 3 is 2.38 bits per heavy atom. The second kappa shape index (κ2) is 7.91. The van der Waals surface area contributed by atoms with E-state index < -0.39 is 0 Å². The van der Waals surface area contributed by atoms with Gasteiger partial charge in [0, 0.05) is 34.1 Å². The minimum Gasteiger partial charge on any atom is -0.299 e. The zero-order valence-corrected chi connectivity index (χ0v) is 21.6. The lowest BCUT2D eigenvalue weighted by Crippen LogP contribution is -2.42. The lowest BCUT2D eigenvalue weighted by molar-refractivity contribution is -0.124. The fraction of sp³-hybridized carbons (Fsp3) is 0.414. The highest BCUT2D eigenvalue weighted by molar-refractivity contribution is 6.30. The Hall–Kier alpha value is -2.72. The smallest absolute Gasteiger partial charge is 0.159 e. The van der Waals surface area contributed by atoms with E-state index in [0.717, 1.165) is 40.5 Å². The van der Waals surface area contributed by atoms with Gasteiger partial charge in [0.05, 0.1) is 17.3 Å². The number of hydrogen-bond donors (Lipinski definition) is 0. The maximum absolute atomic E-state index is 13.7. The van der Waals surface area contributed by atoms with Crippen LogP contribution in [0.3, 0.4) is 0 Å². The fourth-order valence-corrected chi connectivity index (χ4v) is 5.68. The number of benzene rings is 2. The van der Waals surface area contributed by atoms with Crippen molar-refractivity contribution < 1.29 is 4.79 Å². The number of fused-ring (bicyclic) bond motifs is 2. The third kappa shape index (κ3) is 3.92. The third-order valence-electron chi connectivity index (χ3n) is 6.99. The normalized spacial score (nSPS) is 21.6. The van der Waals surface area contributed by atoms with Gasteiger partial charge in [0.1, 0.15) is 5.78 Å². The first-order chi connectivity index (χ1) is 15.9. The van der Waals surface area contributed by atoms with Crippen molar-refractivity contribution in [3.8, 4) is 5.69 Å². The molecule has 2 unspecified atom stereocenters. The van der Waals surface area contributed by atoms with E-state index >= 15 is 0 Å². The van der Waals surface area contributed by atoms with Crippen LogP contribution >= 0.6 is 11.6 Å². The number of ketones is 1. The topological polar surface area (TPSA) is 47.2 Å². The largest absolute Gasteiger partial charge is 0.299 e. The average Bonchev–Trinajstić information content (AvgIpc) is 3.12. The van der Waals surface area contributed by atoms with Crippen molar-refractivity contribution in [1.82, 2.24) is 9.78 Å². The number of aryl methyl sites for hydroxylation is 1. The molecule has 2 aromatic carbocycles. The Morgan fingerprint density at radius 1 is 1.03 bits per heavy atom. The monoisotopic (exact) mass is 473 g/mol. The van der Waals surface area contributed by atoms with Crippen LogP contribution in [0.25, 0.3) is 5.69 Å². The number of Topliss-reactive ketones (excluding diaryl/α,β-unsaturated/α-hetero) is 1. The number of hydrogen-bond acceptors (Lipinski definition) is 3. The van der Waals surface area contributed by atoms with Crippen molar-refractivity contribution in [2.24, 2.45) is 16.3 Å². The summed E-state index contributed by atoms with van der Waals surface area (Å²) in [6.45, 7) is 13.0. The maximum Gasteiger partial charge on any atom is 0.159 e. The van der Waals surface area contributed by atoms with E-state index in [-0.39, 0.29) is 28.4 Å². The molecule has 2 heterocycles. The van der Waals surface area contributed by atoms with Crippen molar-refractivity contribution in [2.45, 2.75) is 65.7 Å². The number of aliphatic imine (C=N–C) groups is 1. The van der Waals surface area contributed by atoms with E-state index in [2.05, 4.69) is 77.9 Å². The molecule has 2 atom stereocenters. The van der Waals surface area contributed by atoms with Crippen LogP contribution in [0.15, 0.2) is 53.5 Å². The highest BCUT2D eigenvalue weighted by atomic mass is 35.5. The van der Waals surface area contributed by atoms with Crippen molar-refractivity contribution in [3.63, 3.8) is 0 Å². The first kappa shape index (κ1) is 23.0. The molecule has 0 spiro atoms. The maximum atomic E-state index is 13.7. The van der Waals surface area contributed by atoms with E-state index in [0.29, 0.717) is 11.4 Å². The molecule has 1 fully saturated rings. The average molecular weight is 474 g/mol. The SMILES string of the molecule is Cc1cccc(-n2nc(C(C)(C)C)c3c2N=C2CC(C)(C)CC(=O)C2C3c2ccc(Cl)cc2)c1. The molecule has 0 N–H and O–H groups in total. The molecule has 1 aliphatic carbocycles. The summed E-state index contributed by atoms with van der Waals surface area (Å²) in [7, 11) is 0. The molecule has 1 aromatic heterocycles. The number of halogens is 1. The van der Waals surface area contributed by atoms with Crippen molar-refractivity contribution in [2.75, 3.05) is 0 Å². The van der Waals surface area contributed by atoms with Gasteiger partial charge in [-0.05, 0) is 54.2 Å². The summed E-state index contributed by atoms with van der Waals surface area (Å²) in [5.74, 6) is 0.727. The van der Waals surface area contributed by atoms with Gasteiger partial charge in [-0.3, -0.25) is 4.79 Å². The molecule has 2 aliphatic rings. The highest BCUT2D eigenvalue weighted by Gasteiger charge is 2.48. The molecule has 0 radical (unpaired) electrons. The number of carbonyl (C=O) groups is 1. The summed E-state index contributed by atoms with van der Waals surface area (Å²) in [4.78, 5) is 18.9. The van der Waals surface area contributed by atoms with Gasteiger partial charge in [0.2, 0.25) is 0 Å². The van der Waals surface area contributed by atoms with Crippen LogP contribution < -0.4 is 0 Å². The number of carbonyl (C=O) groups excluding carboxylic acids is 1. The molecule has 5 heteroatoms. The van der Waals surface area contributed by atoms with E-state index in [1.54, 1.807) is 0 Å². The molecule has 1 aliphatic heterocycles. The molecular weight excluding hydrogens is 442 g/mol. The Balaban J connectivity index is 1.84. The number of aromatic nitrogens is 2. The molecule has 4 nitrogen and oxygen atoms in total. The second-order valence-electron chi connectivity index (χ2n) is 11.7. The van der Waals surface area contributed by atoms with Gasteiger partial charge in [-0.25, -0.2) is 9.67 Å². The Morgan fingerprint density at radius 2 is 1.74 bits per heavy atom. The Kier molecular flexibility index (Phi) is 5.36. The first-order valence-corrected chi connectivity index (χ1v) is 12.4. The number of nitrogens with zero attached hydrogens (tertiary/aromatic N) is 3. The van der Waals surface area contributed by atoms with Gasteiger partial charge < -0.3 is 0 Å². The summed E-state index contributed by atoms with van der Waals surface area (Å²) in [5.41, 5.74) is 5.97. The minimum absolute atomic E-state index is 0.102. The minimum atomic E-state index is -0.266. The standard InChI is InChI=1S/C29H32ClN3O/c1-17-8-7-9-20(14-17)33-27-25(26(32-33)28(2,3)4)23(18-10-12-19(30)13-11-18)24-21(31-27)15-29(5,6)16-22(24)34/h7-14,23-24H,15-16H2,1-6H3. The second-order valence-corrected chi connectivity index (χ2v) is 12.1. The molecule has 0 saturated heterocycles. The van der Waals surface area contributed by atoms with E-state index in [1.807, 2.05) is 16.8 Å². The molecule has 3 aromatic rings. The van der Waals surface area contributed by atoms with Crippen LogP contribution in [-0.4, -0.2) is 21.3 Å². The van der Waals surface area contributed by atoms with Crippen molar-refractivity contribution in [1.29, 1.82) is 0 Å². The molecule has 1 saturated carbocycles. The zero-order chi connectivity index (χ0) is 24.4. The zero-order valence-electron chi connectivity index (χ0n) is 20.8. The van der Waals surface area contributed by atoms with Gasteiger partial charge in [-0.1, -0.05) is 70.5 Å². The Bertz CT molecular complexity index is 1310. The van der Waals surface area contributed by atoms with Gasteiger partial charge in [0.25, 0.3) is 0 Å². The molecule has 5 rings (SSSR count). The van der Waals surface area contributed by atoms with Gasteiger partial charge in [-0.15, -0.1) is 0 Å². The van der Waals surface area contributed by atoms with Crippen LogP contribution in [0.4, 0.5) is 5.82 Å². The highest BCUT2D eigenvalue weighted by Crippen LogP contribution is 2.52. The first-order valence-electron chi connectivity index (χ1n) is 12.0. The quantitative estimate of drug-likeness (QED) is 0.390. The molecule has 0 amide bonds. The predicted molar refractivity (Wildman–Crippen MR) is 139 cm³/mol. The molecule has 34 heavy (non-hydrogen) atoms. The van der Waals surface area contributed by atoms with Crippen LogP contribution in [0.1, 0.15) is 75.8 Å². The summed E-state index contributed by atoms with van der Waals surface area (Å²) >= 11 is 6.25. The summed E-state index contributed by atoms with van der Waals surface area (Å²) in [6.07, 6.45) is 1.36. The molecule has 0 bridgehead atoms. The Labute approximate surface area is 207 Å². The molecular formula is C29H32ClN3O. The predicted octanol–water partition coefficient (Wildman–Crippen LogP) is 7.35. The van der Waals surface area contributed by atoms with Gasteiger partial charge in [0.15, 0.2) is 5.82 Å². The lowest BCUT2D eigenvalue weighted by atomic mass is 9.63. The van der Waals surface area contributed by atoms with Crippen molar-refractivity contribution >= 4 is 28.9 Å². The number of rotatable bonds is 2. The van der Waals surface area contributed by atoms with E-state index in [1.165, 1.54) is 5.56 Å². The van der Waals surface area contributed by atoms with Crippen LogP contribution in [0.5, 0.6) is 0 Å². The van der Waals surface area contributed by atoms with E-state index in [4.69, 9.17) is 21.7 Å². The lowest BCUT2D eigenvalue weighted by Gasteiger charge is -2.41. The van der Waals surface area contributed by atoms with Crippen LogP contribution in [0, 0.1) is 18.3 Å². The van der Waals surface area contributed by atoms with Crippen molar-refractivity contribution in [3.05, 3.63) is 75.9 Å². The van der Waals surface area contributed by atoms with E-state index in [9.17, 15) is 4.79 Å². The molecule has 176 valence electrons. The van der Waals surface area contributed by atoms with Crippen LogP contribution in [0.2, 0.25) is 5.02 Å². The summed E-state index contributed by atoms with van der Waals surface area (Å²) in [6, 6.07) is 16.3. The van der Waals surface area contributed by atoms with Gasteiger partial charge >= 0.3 is 0 Å². The third-order valence-corrected chi connectivity index (χ3v) is 7.25. The summed E-state index contributed by atoms with van der Waals surface area (Å²) in [5, 5.41) is 5.85.